The minimum atomic E-state index is 0.318. The molecule has 19 heavy (non-hydrogen) atoms. The van der Waals surface area contributed by atoms with Crippen molar-refractivity contribution in [3.8, 4) is 0 Å². The van der Waals surface area contributed by atoms with E-state index in [0.717, 1.165) is 19.0 Å². The van der Waals surface area contributed by atoms with Gasteiger partial charge in [0.25, 0.3) is 0 Å². The summed E-state index contributed by atoms with van der Waals surface area (Å²) in [7, 11) is 0. The maximum atomic E-state index is 4.49. The van der Waals surface area contributed by atoms with Crippen LogP contribution in [-0.2, 0) is 5.41 Å². The molecule has 3 nitrogen and oxygen atoms in total. The summed E-state index contributed by atoms with van der Waals surface area (Å²) in [6, 6.07) is 0.679. The zero-order valence-corrected chi connectivity index (χ0v) is 12.4. The summed E-state index contributed by atoms with van der Waals surface area (Å²) in [6.07, 6.45) is 12.2. The number of piperidine rings is 1. The minimum absolute atomic E-state index is 0.318. The Balaban J connectivity index is 1.89. The summed E-state index contributed by atoms with van der Waals surface area (Å²) < 4.78 is 2.52. The van der Waals surface area contributed by atoms with Crippen LogP contribution in [0, 0.1) is 5.92 Å². The zero-order chi connectivity index (χ0) is 13.3. The van der Waals surface area contributed by atoms with Crippen LogP contribution >= 0.6 is 0 Å². The van der Waals surface area contributed by atoms with Gasteiger partial charge in [0.05, 0.1) is 6.33 Å². The summed E-state index contributed by atoms with van der Waals surface area (Å²) in [5.41, 5.74) is 1.80. The predicted octanol–water partition coefficient (Wildman–Crippen LogP) is 3.28. The first-order chi connectivity index (χ1) is 9.21. The summed E-state index contributed by atoms with van der Waals surface area (Å²) >= 11 is 0. The van der Waals surface area contributed by atoms with Crippen LogP contribution in [0.5, 0.6) is 0 Å². The normalized spacial score (nSPS) is 31.3. The van der Waals surface area contributed by atoms with E-state index in [4.69, 9.17) is 0 Å². The Morgan fingerprint density at radius 1 is 1.26 bits per heavy atom. The van der Waals surface area contributed by atoms with Crippen LogP contribution in [0.1, 0.15) is 64.1 Å². The second-order valence-electron chi connectivity index (χ2n) is 6.83. The quantitative estimate of drug-likeness (QED) is 0.885. The lowest BCUT2D eigenvalue weighted by molar-refractivity contribution is 0.233. The lowest BCUT2D eigenvalue weighted by atomic mass is 9.77. The van der Waals surface area contributed by atoms with Gasteiger partial charge in [0, 0.05) is 23.3 Å². The highest BCUT2D eigenvalue weighted by atomic mass is 15.1. The van der Waals surface area contributed by atoms with E-state index >= 15 is 0 Å². The molecule has 1 aliphatic carbocycles. The number of hydrogen-bond acceptors (Lipinski definition) is 2. The molecule has 2 unspecified atom stereocenters. The number of imidazole rings is 1. The molecule has 106 valence electrons. The van der Waals surface area contributed by atoms with Crippen molar-refractivity contribution < 1.29 is 0 Å². The van der Waals surface area contributed by atoms with E-state index in [-0.39, 0.29) is 0 Å². The van der Waals surface area contributed by atoms with Crippen molar-refractivity contribution in [3.63, 3.8) is 0 Å². The van der Waals surface area contributed by atoms with Crippen LogP contribution in [0.25, 0.3) is 0 Å². The molecule has 2 aliphatic rings. The number of nitrogens with zero attached hydrogens (tertiary/aromatic N) is 2. The number of rotatable bonds is 2. The molecule has 0 amide bonds. The molecule has 1 aromatic rings. The van der Waals surface area contributed by atoms with Gasteiger partial charge in [-0.15, -0.1) is 0 Å². The topological polar surface area (TPSA) is 29.9 Å². The number of aromatic nitrogens is 2. The van der Waals surface area contributed by atoms with Crippen molar-refractivity contribution in [1.82, 2.24) is 14.9 Å². The van der Waals surface area contributed by atoms with E-state index in [1.54, 1.807) is 0 Å². The molecule has 0 bridgehead atoms. The van der Waals surface area contributed by atoms with Gasteiger partial charge in [-0.1, -0.05) is 26.7 Å². The summed E-state index contributed by atoms with van der Waals surface area (Å²) in [5, 5.41) is 3.48. The van der Waals surface area contributed by atoms with Gasteiger partial charge in [-0.3, -0.25) is 0 Å². The molecule has 1 saturated heterocycles. The van der Waals surface area contributed by atoms with Crippen molar-refractivity contribution in [2.24, 2.45) is 5.92 Å². The van der Waals surface area contributed by atoms with Crippen LogP contribution in [-0.4, -0.2) is 22.6 Å². The molecule has 2 atom stereocenters. The van der Waals surface area contributed by atoms with Crippen LogP contribution in [0.4, 0.5) is 0 Å². The maximum absolute atomic E-state index is 4.49. The van der Waals surface area contributed by atoms with Crippen LogP contribution in [0.2, 0.25) is 0 Å². The first-order valence-electron chi connectivity index (χ1n) is 7.94. The third kappa shape index (κ3) is 2.45. The molecule has 2 fully saturated rings. The Morgan fingerprint density at radius 3 is 2.74 bits per heavy atom. The van der Waals surface area contributed by atoms with E-state index in [0.29, 0.717) is 11.5 Å². The number of nitrogens with one attached hydrogen (secondary N) is 1. The third-order valence-corrected chi connectivity index (χ3v) is 5.42. The monoisotopic (exact) mass is 261 g/mol. The fraction of sp³-hybridized carbons (Fsp3) is 0.812. The van der Waals surface area contributed by atoms with Crippen LogP contribution in [0.15, 0.2) is 12.5 Å². The lowest BCUT2D eigenvalue weighted by Crippen LogP contribution is -2.39. The standard InChI is InChI=1S/C16H27N3/c1-13-5-3-4-6-14(13)19-12-18-11-15(19)16(2)7-9-17-10-8-16/h11-14,17H,3-10H2,1-2H3. The summed E-state index contributed by atoms with van der Waals surface area (Å²) in [4.78, 5) is 4.49. The molecule has 1 aliphatic heterocycles. The van der Waals surface area contributed by atoms with Gasteiger partial charge < -0.3 is 9.88 Å². The Morgan fingerprint density at radius 2 is 2.00 bits per heavy atom. The second-order valence-corrected chi connectivity index (χ2v) is 6.83. The van der Waals surface area contributed by atoms with Crippen molar-refractivity contribution >= 4 is 0 Å². The Bertz CT molecular complexity index is 417. The second kappa shape index (κ2) is 5.28. The fourth-order valence-corrected chi connectivity index (χ4v) is 3.98. The predicted molar refractivity (Wildman–Crippen MR) is 78.4 cm³/mol. The fourth-order valence-electron chi connectivity index (χ4n) is 3.98. The molecule has 3 rings (SSSR count). The Labute approximate surface area is 116 Å². The maximum Gasteiger partial charge on any atom is 0.0951 e. The first kappa shape index (κ1) is 13.2. The largest absolute Gasteiger partial charge is 0.331 e. The van der Waals surface area contributed by atoms with Gasteiger partial charge in [0.1, 0.15) is 0 Å². The summed E-state index contributed by atoms with van der Waals surface area (Å²) in [6.45, 7) is 7.12. The molecule has 0 radical (unpaired) electrons. The molecular formula is C16H27N3. The van der Waals surface area contributed by atoms with Gasteiger partial charge in [0.2, 0.25) is 0 Å². The lowest BCUT2D eigenvalue weighted by Gasteiger charge is -2.38. The highest BCUT2D eigenvalue weighted by Gasteiger charge is 2.34. The van der Waals surface area contributed by atoms with Gasteiger partial charge in [0.15, 0.2) is 0 Å². The van der Waals surface area contributed by atoms with Crippen molar-refractivity contribution in [2.75, 3.05) is 13.1 Å². The van der Waals surface area contributed by atoms with Gasteiger partial charge in [-0.25, -0.2) is 4.98 Å². The van der Waals surface area contributed by atoms with E-state index < -0.39 is 0 Å². The van der Waals surface area contributed by atoms with E-state index in [9.17, 15) is 0 Å². The Kier molecular flexibility index (Phi) is 3.66. The molecule has 2 heterocycles. The molecule has 1 saturated carbocycles. The first-order valence-corrected chi connectivity index (χ1v) is 7.94. The van der Waals surface area contributed by atoms with Crippen molar-refractivity contribution in [2.45, 2.75) is 63.8 Å². The minimum Gasteiger partial charge on any atom is -0.331 e. The molecule has 3 heteroatoms. The average Bonchev–Trinajstić information content (AvgIpc) is 2.90. The molecule has 0 aromatic carbocycles. The van der Waals surface area contributed by atoms with Gasteiger partial charge >= 0.3 is 0 Å². The van der Waals surface area contributed by atoms with Crippen molar-refractivity contribution in [3.05, 3.63) is 18.2 Å². The molecular weight excluding hydrogens is 234 g/mol. The highest BCUT2D eigenvalue weighted by molar-refractivity contribution is 5.16. The molecule has 1 N–H and O–H groups in total. The smallest absolute Gasteiger partial charge is 0.0951 e. The van der Waals surface area contributed by atoms with E-state index in [1.807, 2.05) is 0 Å². The summed E-state index contributed by atoms with van der Waals surface area (Å²) in [5.74, 6) is 0.798. The average molecular weight is 261 g/mol. The molecule has 1 aromatic heterocycles. The van der Waals surface area contributed by atoms with Crippen LogP contribution < -0.4 is 5.32 Å². The Hall–Kier alpha value is -0.830. The van der Waals surface area contributed by atoms with Gasteiger partial charge in [-0.05, 0) is 44.7 Å². The number of hydrogen-bond donors (Lipinski definition) is 1. The van der Waals surface area contributed by atoms with Crippen molar-refractivity contribution in [1.29, 1.82) is 0 Å². The van der Waals surface area contributed by atoms with E-state index in [1.165, 1.54) is 44.2 Å². The highest BCUT2D eigenvalue weighted by Crippen LogP contribution is 2.39. The van der Waals surface area contributed by atoms with Crippen LogP contribution in [0.3, 0.4) is 0 Å². The van der Waals surface area contributed by atoms with E-state index in [2.05, 4.69) is 41.2 Å². The SMILES string of the molecule is CC1CCCCC1n1cncc1C1(C)CCNCC1. The zero-order valence-electron chi connectivity index (χ0n) is 12.4. The van der Waals surface area contributed by atoms with Gasteiger partial charge in [-0.2, -0.15) is 0 Å². The third-order valence-electron chi connectivity index (χ3n) is 5.42. The molecule has 0 spiro atoms.